The number of nitrogen functional groups attached to an aromatic ring is 1. The second kappa shape index (κ2) is 12.1. The quantitative estimate of drug-likeness (QED) is 0.142. The van der Waals surface area contributed by atoms with Crippen LogP contribution in [-0.4, -0.2) is 59.2 Å². The number of nitro groups is 1. The van der Waals surface area contributed by atoms with E-state index in [1.807, 2.05) is 6.07 Å². The van der Waals surface area contributed by atoms with E-state index in [0.29, 0.717) is 0 Å². The molecule has 3 aromatic rings. The van der Waals surface area contributed by atoms with Crippen LogP contribution in [-0.2, 0) is 38.5 Å². The van der Waals surface area contributed by atoms with E-state index in [9.17, 15) is 29.7 Å². The summed E-state index contributed by atoms with van der Waals surface area (Å²) in [5.74, 6) is -0.430. The van der Waals surface area contributed by atoms with Gasteiger partial charge in [-0.1, -0.05) is 35.3 Å². The Morgan fingerprint density at radius 3 is 2.67 bits per heavy atom. The Balaban J connectivity index is 1.49. The van der Waals surface area contributed by atoms with Crippen molar-refractivity contribution in [3.8, 4) is 0 Å². The van der Waals surface area contributed by atoms with Crippen LogP contribution in [0.25, 0.3) is 0 Å². The minimum atomic E-state index is -4.11. The van der Waals surface area contributed by atoms with Gasteiger partial charge in [0, 0.05) is 19.2 Å². The van der Waals surface area contributed by atoms with Crippen LogP contribution in [0.2, 0.25) is 0 Å². The third kappa shape index (κ3) is 6.93. The predicted octanol–water partition coefficient (Wildman–Crippen LogP) is 0.608. The lowest BCUT2D eigenvalue weighted by Crippen LogP contribution is -2.49. The Morgan fingerprint density at radius 1 is 1.26 bits per heavy atom. The van der Waals surface area contributed by atoms with Crippen molar-refractivity contribution in [1.29, 1.82) is 0 Å². The van der Waals surface area contributed by atoms with Crippen molar-refractivity contribution in [3.05, 3.63) is 80.6 Å². The van der Waals surface area contributed by atoms with Crippen LogP contribution in [0.3, 0.4) is 0 Å². The summed E-state index contributed by atoms with van der Waals surface area (Å²) in [5, 5.41) is 34.8. The highest BCUT2D eigenvalue weighted by Gasteiger charge is 2.39. The van der Waals surface area contributed by atoms with Crippen molar-refractivity contribution in [2.75, 3.05) is 12.3 Å². The number of imidazole rings is 1. The molecule has 16 nitrogen and oxygen atoms in total. The van der Waals surface area contributed by atoms with Gasteiger partial charge in [-0.25, -0.2) is 19.0 Å². The van der Waals surface area contributed by atoms with E-state index in [0.717, 1.165) is 10.1 Å². The molecule has 210 valence electrons. The number of benzene rings is 1. The van der Waals surface area contributed by atoms with Crippen LogP contribution in [0.5, 0.6) is 0 Å². The maximum Gasteiger partial charge on any atom is 0.434 e. The van der Waals surface area contributed by atoms with Gasteiger partial charge in [-0.05, 0) is 16.6 Å². The van der Waals surface area contributed by atoms with E-state index in [1.54, 1.807) is 24.3 Å². The topological polar surface area (TPSA) is 219 Å². The lowest BCUT2D eigenvalue weighted by molar-refractivity contribution is -0.396. The number of aliphatic hydroxyl groups excluding tert-OH is 2. The van der Waals surface area contributed by atoms with Gasteiger partial charge in [0.1, 0.15) is 36.5 Å². The monoisotopic (exact) mass is 565 g/mol. The van der Waals surface area contributed by atoms with Crippen LogP contribution in [0, 0.1) is 10.1 Å². The van der Waals surface area contributed by atoms with Gasteiger partial charge in [0.15, 0.2) is 6.23 Å². The van der Waals surface area contributed by atoms with Crippen molar-refractivity contribution < 1.29 is 33.5 Å². The highest BCUT2D eigenvalue weighted by Crippen LogP contribution is 2.46. The molecular formula is C22H28N7O9P. The van der Waals surface area contributed by atoms with Crippen molar-refractivity contribution in [2.45, 2.75) is 44.1 Å². The highest BCUT2D eigenvalue weighted by atomic mass is 31.2. The number of nitrogens with zero attached hydrogens (tertiary/aromatic N) is 5. The zero-order valence-electron chi connectivity index (χ0n) is 20.8. The fraction of sp³-hybridized carbons (Fsp3) is 0.409. The molecule has 1 saturated heterocycles. The number of ether oxygens (including phenoxy) is 1. The summed E-state index contributed by atoms with van der Waals surface area (Å²) in [4.78, 5) is 30.0. The number of aliphatic hydroxyl groups is 2. The standard InChI is InChI=1S/C22H28N7O9P/c1-27-15(11-24-21(27)29(33)34)12-36-39(35,25-10-14-5-3-2-4-6-14)37-13-18-16(30)9-17(31)20(38-18)28-8-7-19(23)26-22(28)32/h2-8,11,16-18,20,30-31H,9-10,12-13H2,1H3,(H,25,35)(H2,23,26,32)/t16-,17?,18-,20-,39?/m1/s1. The van der Waals surface area contributed by atoms with Gasteiger partial charge >= 0.3 is 19.4 Å². The molecule has 2 unspecified atom stereocenters. The molecule has 1 aromatic carbocycles. The fourth-order valence-electron chi connectivity index (χ4n) is 3.87. The lowest BCUT2D eigenvalue weighted by Gasteiger charge is -2.37. The third-order valence-electron chi connectivity index (χ3n) is 6.02. The normalized spacial score (nSPS) is 22.8. The van der Waals surface area contributed by atoms with Crippen molar-refractivity contribution >= 4 is 19.5 Å². The van der Waals surface area contributed by atoms with Crippen molar-refractivity contribution in [2.24, 2.45) is 7.05 Å². The number of nitrogens with one attached hydrogen (secondary N) is 1. The SMILES string of the molecule is Cn1c(COP(=O)(NCc2ccccc2)OC[C@H]2O[C@@H](n3ccc(N)nc3=O)C(O)C[C@H]2O)cnc1[N+](=O)[O-]. The molecule has 1 aliphatic rings. The first-order chi connectivity index (χ1) is 18.6. The summed E-state index contributed by atoms with van der Waals surface area (Å²) < 4.78 is 32.8. The van der Waals surface area contributed by atoms with Gasteiger partial charge in [0.25, 0.3) is 0 Å². The number of nitrogens with two attached hydrogens (primary N) is 1. The third-order valence-corrected chi connectivity index (χ3v) is 7.52. The van der Waals surface area contributed by atoms with Crippen LogP contribution < -0.4 is 16.5 Å². The first kappa shape index (κ1) is 28.5. The molecule has 5 atom stereocenters. The predicted molar refractivity (Wildman–Crippen MR) is 135 cm³/mol. The molecule has 17 heteroatoms. The number of aromatic nitrogens is 4. The van der Waals surface area contributed by atoms with E-state index < -0.39 is 55.5 Å². The Labute approximate surface area is 221 Å². The molecule has 0 saturated carbocycles. The molecule has 39 heavy (non-hydrogen) atoms. The molecule has 5 N–H and O–H groups in total. The second-order valence-corrected chi connectivity index (χ2v) is 10.6. The Kier molecular flexibility index (Phi) is 8.87. The summed E-state index contributed by atoms with van der Waals surface area (Å²) in [6.07, 6.45) is -2.45. The maximum absolute atomic E-state index is 13.7. The number of hydrogen-bond donors (Lipinski definition) is 4. The summed E-state index contributed by atoms with van der Waals surface area (Å²) in [5.41, 5.74) is 5.79. The molecule has 0 bridgehead atoms. The van der Waals surface area contributed by atoms with Gasteiger partial charge in [-0.15, -0.1) is 0 Å². The Bertz CT molecular complexity index is 1400. The minimum absolute atomic E-state index is 0.0113. The molecule has 0 amide bonds. The van der Waals surface area contributed by atoms with Crippen LogP contribution >= 0.6 is 7.75 Å². The largest absolute Gasteiger partial charge is 0.434 e. The average Bonchev–Trinajstić information content (AvgIpc) is 3.27. The number of hydrogen-bond acceptors (Lipinski definition) is 12. The summed E-state index contributed by atoms with van der Waals surface area (Å²) in [7, 11) is -2.70. The summed E-state index contributed by atoms with van der Waals surface area (Å²) in [6.45, 7) is -0.712. The molecule has 0 radical (unpaired) electrons. The minimum Gasteiger partial charge on any atom is -0.390 e. The average molecular weight is 565 g/mol. The van der Waals surface area contributed by atoms with Crippen molar-refractivity contribution in [3.63, 3.8) is 0 Å². The molecule has 1 fully saturated rings. The summed E-state index contributed by atoms with van der Waals surface area (Å²) in [6, 6.07) is 10.3. The molecule has 0 aliphatic carbocycles. The van der Waals surface area contributed by atoms with E-state index in [4.69, 9.17) is 19.5 Å². The van der Waals surface area contributed by atoms with Gasteiger partial charge in [-0.2, -0.15) is 4.98 Å². The molecule has 4 rings (SSSR count). The molecule has 1 aliphatic heterocycles. The maximum atomic E-state index is 13.7. The van der Waals surface area contributed by atoms with Gasteiger partial charge < -0.3 is 30.8 Å². The zero-order valence-corrected chi connectivity index (χ0v) is 21.7. The Hall–Kier alpha value is -3.50. The van der Waals surface area contributed by atoms with Crippen molar-refractivity contribution in [1.82, 2.24) is 24.2 Å². The molecule has 2 aromatic heterocycles. The highest BCUT2D eigenvalue weighted by molar-refractivity contribution is 7.51. The first-order valence-electron chi connectivity index (χ1n) is 11.8. The molecular weight excluding hydrogens is 537 g/mol. The van der Waals surface area contributed by atoms with E-state index in [2.05, 4.69) is 15.1 Å². The summed E-state index contributed by atoms with van der Waals surface area (Å²) >= 11 is 0. The Morgan fingerprint density at radius 2 is 2.00 bits per heavy atom. The van der Waals surface area contributed by atoms with Crippen LogP contribution in [0.4, 0.5) is 11.8 Å². The lowest BCUT2D eigenvalue weighted by atomic mass is 10.0. The van der Waals surface area contributed by atoms with Crippen LogP contribution in [0.1, 0.15) is 23.9 Å². The number of anilines is 1. The van der Waals surface area contributed by atoms with Gasteiger partial charge in [-0.3, -0.25) is 13.6 Å². The smallest absolute Gasteiger partial charge is 0.390 e. The van der Waals surface area contributed by atoms with Crippen LogP contribution in [0.15, 0.2) is 53.6 Å². The molecule has 0 spiro atoms. The van der Waals surface area contributed by atoms with Gasteiger partial charge in [0.2, 0.25) is 0 Å². The second-order valence-electron chi connectivity index (χ2n) is 8.73. The van der Waals surface area contributed by atoms with E-state index in [-0.39, 0.29) is 31.1 Å². The fourth-order valence-corrected chi connectivity index (χ4v) is 5.15. The van der Waals surface area contributed by atoms with E-state index >= 15 is 0 Å². The van der Waals surface area contributed by atoms with Gasteiger partial charge in [0.05, 0.1) is 19.8 Å². The zero-order chi connectivity index (χ0) is 28.2. The first-order valence-corrected chi connectivity index (χ1v) is 13.3. The van der Waals surface area contributed by atoms with E-state index in [1.165, 1.54) is 30.1 Å². The number of rotatable bonds is 11. The molecule has 3 heterocycles.